The Balaban J connectivity index is 2.16. The molecule has 0 aromatic heterocycles. The summed E-state index contributed by atoms with van der Waals surface area (Å²) >= 11 is 5.92. The first-order valence-electron chi connectivity index (χ1n) is 11.8. The summed E-state index contributed by atoms with van der Waals surface area (Å²) in [5.41, 5.74) is 0.685. The van der Waals surface area contributed by atoms with Crippen molar-refractivity contribution >= 4 is 39.2 Å². The summed E-state index contributed by atoms with van der Waals surface area (Å²) in [5.74, 6) is -1.57. The van der Waals surface area contributed by atoms with Crippen LogP contribution in [0.2, 0.25) is 5.02 Å². The van der Waals surface area contributed by atoms with Crippen LogP contribution in [0, 0.1) is 18.7 Å². The number of carbonyl (C=O) groups is 2. The number of esters is 1. The average molecular weight is 541 g/mol. The van der Waals surface area contributed by atoms with Gasteiger partial charge in [-0.15, -0.1) is 0 Å². The molecule has 2 aromatic rings. The highest BCUT2D eigenvalue weighted by atomic mass is 35.5. The molecule has 1 N–H and O–H groups in total. The van der Waals surface area contributed by atoms with E-state index in [1.54, 1.807) is 19.9 Å². The SMILES string of the molecule is COC(=O)[C@@H](NC(=O)CCCC[C@@H](C)N(c1cc(C)ccc1F)S(=O)(=O)c1ccc(Cl)cc1)C(C)C. The Labute approximate surface area is 218 Å². The van der Waals surface area contributed by atoms with E-state index in [0.29, 0.717) is 24.3 Å². The summed E-state index contributed by atoms with van der Waals surface area (Å²) in [4.78, 5) is 24.2. The monoisotopic (exact) mass is 540 g/mol. The van der Waals surface area contributed by atoms with E-state index in [2.05, 4.69) is 5.32 Å². The van der Waals surface area contributed by atoms with Gasteiger partial charge in [-0.05, 0) is 74.6 Å². The van der Waals surface area contributed by atoms with Crippen molar-refractivity contribution in [3.8, 4) is 0 Å². The average Bonchev–Trinajstić information content (AvgIpc) is 2.82. The van der Waals surface area contributed by atoms with Gasteiger partial charge in [0.1, 0.15) is 11.9 Å². The second kappa shape index (κ2) is 13.1. The number of nitrogens with one attached hydrogen (secondary N) is 1. The van der Waals surface area contributed by atoms with Gasteiger partial charge in [0.25, 0.3) is 10.0 Å². The number of hydrogen-bond donors (Lipinski definition) is 1. The smallest absolute Gasteiger partial charge is 0.328 e. The molecule has 10 heteroatoms. The topological polar surface area (TPSA) is 92.8 Å². The van der Waals surface area contributed by atoms with Crippen molar-refractivity contribution in [1.29, 1.82) is 0 Å². The van der Waals surface area contributed by atoms with Crippen LogP contribution in [-0.4, -0.2) is 39.5 Å². The Kier molecular flexibility index (Phi) is 10.7. The van der Waals surface area contributed by atoms with Crippen LogP contribution in [0.15, 0.2) is 47.4 Å². The Morgan fingerprint density at radius 3 is 2.31 bits per heavy atom. The number of halogens is 2. The molecule has 0 radical (unpaired) electrons. The second-order valence-electron chi connectivity index (χ2n) is 9.12. The molecule has 0 fully saturated rings. The molecule has 2 rings (SSSR count). The van der Waals surface area contributed by atoms with Gasteiger partial charge >= 0.3 is 5.97 Å². The summed E-state index contributed by atoms with van der Waals surface area (Å²) in [6.45, 7) is 7.09. The highest BCUT2D eigenvalue weighted by Crippen LogP contribution is 2.31. The third-order valence-electron chi connectivity index (χ3n) is 5.82. The number of benzene rings is 2. The number of methoxy groups -OCH3 is 1. The maximum atomic E-state index is 14.8. The van der Waals surface area contributed by atoms with Gasteiger partial charge in [-0.2, -0.15) is 0 Å². The molecule has 2 aromatic carbocycles. The van der Waals surface area contributed by atoms with Crippen molar-refractivity contribution < 1.29 is 27.1 Å². The van der Waals surface area contributed by atoms with Gasteiger partial charge in [0, 0.05) is 17.5 Å². The minimum Gasteiger partial charge on any atom is -0.467 e. The van der Waals surface area contributed by atoms with Crippen molar-refractivity contribution in [2.75, 3.05) is 11.4 Å². The zero-order chi connectivity index (χ0) is 27.0. The number of ether oxygens (including phenoxy) is 1. The first kappa shape index (κ1) is 29.6. The van der Waals surface area contributed by atoms with Crippen LogP contribution >= 0.6 is 11.6 Å². The highest BCUT2D eigenvalue weighted by Gasteiger charge is 2.31. The number of anilines is 1. The summed E-state index contributed by atoms with van der Waals surface area (Å²) in [6, 6.07) is 8.74. The van der Waals surface area contributed by atoms with E-state index in [0.717, 1.165) is 9.87 Å². The molecule has 1 amide bonds. The first-order chi connectivity index (χ1) is 16.9. The zero-order valence-electron chi connectivity index (χ0n) is 21.3. The van der Waals surface area contributed by atoms with Gasteiger partial charge in [-0.1, -0.05) is 37.9 Å². The van der Waals surface area contributed by atoms with E-state index < -0.39 is 33.9 Å². The van der Waals surface area contributed by atoms with Crippen molar-refractivity contribution in [2.45, 2.75) is 70.4 Å². The predicted octanol–water partition coefficient (Wildman–Crippen LogP) is 5.25. The molecular formula is C26H34ClFN2O5S. The molecular weight excluding hydrogens is 507 g/mol. The van der Waals surface area contributed by atoms with E-state index >= 15 is 0 Å². The van der Waals surface area contributed by atoms with E-state index in [4.69, 9.17) is 16.3 Å². The summed E-state index contributed by atoms with van der Waals surface area (Å²) < 4.78 is 47.8. The number of rotatable bonds is 12. The van der Waals surface area contributed by atoms with Crippen LogP contribution in [0.3, 0.4) is 0 Å². The van der Waals surface area contributed by atoms with E-state index in [9.17, 15) is 22.4 Å². The number of carbonyl (C=O) groups excluding carboxylic acids is 2. The van der Waals surface area contributed by atoms with Crippen molar-refractivity contribution in [3.63, 3.8) is 0 Å². The van der Waals surface area contributed by atoms with Gasteiger partial charge < -0.3 is 10.1 Å². The van der Waals surface area contributed by atoms with Gasteiger partial charge in [-0.25, -0.2) is 17.6 Å². The molecule has 2 atom stereocenters. The molecule has 0 heterocycles. The molecule has 0 aliphatic rings. The van der Waals surface area contributed by atoms with Crippen LogP contribution in [0.5, 0.6) is 0 Å². The van der Waals surface area contributed by atoms with E-state index in [-0.39, 0.29) is 28.8 Å². The molecule has 0 unspecified atom stereocenters. The third-order valence-corrected chi connectivity index (χ3v) is 8.02. The van der Waals surface area contributed by atoms with Crippen molar-refractivity contribution in [2.24, 2.45) is 5.92 Å². The first-order valence-corrected chi connectivity index (χ1v) is 13.6. The fraction of sp³-hybridized carbons (Fsp3) is 0.462. The van der Waals surface area contributed by atoms with Crippen LogP contribution in [0.4, 0.5) is 10.1 Å². The van der Waals surface area contributed by atoms with Gasteiger partial charge in [0.05, 0.1) is 17.7 Å². The van der Waals surface area contributed by atoms with Gasteiger partial charge in [0.2, 0.25) is 5.91 Å². The number of aryl methyl sites for hydroxylation is 1. The van der Waals surface area contributed by atoms with Crippen molar-refractivity contribution in [3.05, 3.63) is 58.9 Å². The van der Waals surface area contributed by atoms with E-state index in [1.165, 1.54) is 43.5 Å². The number of sulfonamides is 1. The molecule has 0 saturated heterocycles. The molecule has 198 valence electrons. The maximum absolute atomic E-state index is 14.8. The number of unbranched alkanes of at least 4 members (excludes halogenated alkanes) is 1. The number of hydrogen-bond acceptors (Lipinski definition) is 5. The Morgan fingerprint density at radius 2 is 1.72 bits per heavy atom. The van der Waals surface area contributed by atoms with Crippen LogP contribution in [0.1, 0.15) is 52.0 Å². The Bertz CT molecular complexity index is 1160. The van der Waals surface area contributed by atoms with Crippen LogP contribution < -0.4 is 9.62 Å². The van der Waals surface area contributed by atoms with Gasteiger partial charge in [-0.3, -0.25) is 9.10 Å². The second-order valence-corrected chi connectivity index (χ2v) is 11.4. The van der Waals surface area contributed by atoms with Crippen LogP contribution in [0.25, 0.3) is 0 Å². The van der Waals surface area contributed by atoms with Gasteiger partial charge in [0.15, 0.2) is 0 Å². The van der Waals surface area contributed by atoms with Crippen LogP contribution in [-0.2, 0) is 24.3 Å². The molecule has 36 heavy (non-hydrogen) atoms. The lowest BCUT2D eigenvalue weighted by atomic mass is 10.0. The summed E-state index contributed by atoms with van der Waals surface area (Å²) in [6.07, 6.45) is 1.53. The zero-order valence-corrected chi connectivity index (χ0v) is 22.8. The predicted molar refractivity (Wildman–Crippen MR) is 139 cm³/mol. The minimum absolute atomic E-state index is 0.00145. The summed E-state index contributed by atoms with van der Waals surface area (Å²) in [5, 5.41) is 3.08. The molecule has 0 bridgehead atoms. The normalized spacial score (nSPS) is 13.2. The molecule has 0 aliphatic heterocycles. The maximum Gasteiger partial charge on any atom is 0.328 e. The summed E-state index contributed by atoms with van der Waals surface area (Å²) in [7, 11) is -2.83. The number of amides is 1. The fourth-order valence-corrected chi connectivity index (χ4v) is 5.64. The molecule has 0 saturated carbocycles. The van der Waals surface area contributed by atoms with E-state index in [1.807, 2.05) is 13.8 Å². The molecule has 7 nitrogen and oxygen atoms in total. The largest absolute Gasteiger partial charge is 0.467 e. The standard InChI is InChI=1S/C26H34ClFN2O5S/c1-17(2)25(26(32)35-5)29-24(31)9-7-6-8-19(4)30(23-16-18(3)10-15-22(23)28)36(33,34)21-13-11-20(27)12-14-21/h10-17,19,25H,6-9H2,1-5H3,(H,29,31)/t19-,25+/m1/s1. The lowest BCUT2D eigenvalue weighted by Gasteiger charge is -2.31. The van der Waals surface area contributed by atoms with Crippen molar-refractivity contribution in [1.82, 2.24) is 5.32 Å². The lowest BCUT2D eigenvalue weighted by molar-refractivity contribution is -0.146. The molecule has 0 spiro atoms. The fourth-order valence-electron chi connectivity index (χ4n) is 3.83. The lowest BCUT2D eigenvalue weighted by Crippen LogP contribution is -2.45. The molecule has 0 aliphatic carbocycles. The minimum atomic E-state index is -4.10. The Morgan fingerprint density at radius 1 is 1.08 bits per heavy atom. The third kappa shape index (κ3) is 7.67. The Hall–Kier alpha value is -2.65. The highest BCUT2D eigenvalue weighted by molar-refractivity contribution is 7.92. The number of nitrogens with zero attached hydrogens (tertiary/aromatic N) is 1. The quantitative estimate of drug-likeness (QED) is 0.293.